The third kappa shape index (κ3) is 3.74. The maximum atomic E-state index is 3.65. The van der Waals surface area contributed by atoms with Gasteiger partial charge in [0.2, 0.25) is 0 Å². The molecular weight excluding hydrogens is 220 g/mol. The van der Waals surface area contributed by atoms with Gasteiger partial charge in [0.15, 0.2) is 0 Å². The second-order valence-corrected chi connectivity index (χ2v) is 4.65. The lowest BCUT2D eigenvalue weighted by atomic mass is 10.0. The van der Waals surface area contributed by atoms with Crippen molar-refractivity contribution in [3.05, 3.63) is 29.8 Å². The second kappa shape index (κ2) is 8.15. The van der Waals surface area contributed by atoms with E-state index in [1.165, 1.54) is 17.7 Å². The normalized spacial score (nSPS) is 12.4. The predicted molar refractivity (Wildman–Crippen MR) is 81.3 cm³/mol. The van der Waals surface area contributed by atoms with Gasteiger partial charge in [-0.3, -0.25) is 0 Å². The summed E-state index contributed by atoms with van der Waals surface area (Å²) in [6.07, 6.45) is 2.32. The number of nitrogens with zero attached hydrogens (tertiary/aromatic N) is 1. The number of hydrogen-bond donors (Lipinski definition) is 1. The summed E-state index contributed by atoms with van der Waals surface area (Å²) >= 11 is 0. The van der Waals surface area contributed by atoms with Crippen LogP contribution in [0.1, 0.15) is 52.1 Å². The molecule has 1 unspecified atom stereocenters. The molecule has 1 aromatic rings. The standard InChI is InChI=1S/C16H28N2/c1-5-13-17-15(6-2)14-11-9-10-12-16(14)18(7-3)8-4/h9-12,15,17H,5-8,13H2,1-4H3. The van der Waals surface area contributed by atoms with Crippen LogP contribution in [-0.2, 0) is 0 Å². The van der Waals surface area contributed by atoms with E-state index in [0.717, 1.165) is 26.1 Å². The van der Waals surface area contributed by atoms with Crippen molar-refractivity contribution < 1.29 is 0 Å². The highest BCUT2D eigenvalue weighted by Crippen LogP contribution is 2.28. The van der Waals surface area contributed by atoms with Crippen molar-refractivity contribution in [2.24, 2.45) is 0 Å². The lowest BCUT2D eigenvalue weighted by molar-refractivity contribution is 0.517. The first-order valence-electron chi connectivity index (χ1n) is 7.35. The first-order valence-corrected chi connectivity index (χ1v) is 7.35. The van der Waals surface area contributed by atoms with Gasteiger partial charge in [-0.05, 0) is 44.9 Å². The van der Waals surface area contributed by atoms with Crippen LogP contribution >= 0.6 is 0 Å². The van der Waals surface area contributed by atoms with E-state index in [0.29, 0.717) is 6.04 Å². The molecule has 0 radical (unpaired) electrons. The minimum atomic E-state index is 0.474. The Kier molecular flexibility index (Phi) is 6.81. The van der Waals surface area contributed by atoms with Crippen LogP contribution in [0.2, 0.25) is 0 Å². The van der Waals surface area contributed by atoms with Crippen molar-refractivity contribution in [1.82, 2.24) is 5.32 Å². The fourth-order valence-electron chi connectivity index (χ4n) is 2.43. The maximum Gasteiger partial charge on any atom is 0.0414 e. The second-order valence-electron chi connectivity index (χ2n) is 4.65. The number of benzene rings is 1. The van der Waals surface area contributed by atoms with Crippen LogP contribution in [-0.4, -0.2) is 19.6 Å². The molecular formula is C16H28N2. The molecule has 2 nitrogen and oxygen atoms in total. The van der Waals surface area contributed by atoms with Gasteiger partial charge in [-0.1, -0.05) is 32.0 Å². The Balaban J connectivity index is 2.98. The summed E-state index contributed by atoms with van der Waals surface area (Å²) in [6, 6.07) is 9.28. The summed E-state index contributed by atoms with van der Waals surface area (Å²) in [5.74, 6) is 0. The maximum absolute atomic E-state index is 3.65. The van der Waals surface area contributed by atoms with Crippen molar-refractivity contribution in [2.45, 2.75) is 46.6 Å². The van der Waals surface area contributed by atoms with Crippen molar-refractivity contribution in [3.63, 3.8) is 0 Å². The molecule has 1 aromatic carbocycles. The Bertz CT molecular complexity index is 332. The van der Waals surface area contributed by atoms with Crippen LogP contribution < -0.4 is 10.2 Å². The molecule has 0 saturated carbocycles. The molecule has 2 heteroatoms. The van der Waals surface area contributed by atoms with Gasteiger partial charge in [-0.25, -0.2) is 0 Å². The van der Waals surface area contributed by atoms with E-state index >= 15 is 0 Å². The van der Waals surface area contributed by atoms with E-state index in [-0.39, 0.29) is 0 Å². The van der Waals surface area contributed by atoms with Crippen molar-refractivity contribution in [2.75, 3.05) is 24.5 Å². The predicted octanol–water partition coefficient (Wildman–Crippen LogP) is 3.98. The van der Waals surface area contributed by atoms with E-state index < -0.39 is 0 Å². The van der Waals surface area contributed by atoms with Gasteiger partial charge >= 0.3 is 0 Å². The summed E-state index contributed by atoms with van der Waals surface area (Å²) in [6.45, 7) is 12.1. The summed E-state index contributed by atoms with van der Waals surface area (Å²) in [5.41, 5.74) is 2.83. The molecule has 0 aliphatic carbocycles. The molecule has 0 fully saturated rings. The van der Waals surface area contributed by atoms with E-state index in [9.17, 15) is 0 Å². The Labute approximate surface area is 112 Å². The molecule has 0 amide bonds. The first kappa shape index (κ1) is 15.0. The Hall–Kier alpha value is -1.02. The fourth-order valence-corrected chi connectivity index (χ4v) is 2.43. The molecule has 102 valence electrons. The van der Waals surface area contributed by atoms with Crippen molar-refractivity contribution in [3.8, 4) is 0 Å². The van der Waals surface area contributed by atoms with Gasteiger partial charge in [0.1, 0.15) is 0 Å². The quantitative estimate of drug-likeness (QED) is 0.748. The highest BCUT2D eigenvalue weighted by atomic mass is 15.1. The minimum Gasteiger partial charge on any atom is -0.372 e. The Morgan fingerprint density at radius 1 is 1.06 bits per heavy atom. The Morgan fingerprint density at radius 2 is 1.72 bits per heavy atom. The molecule has 0 bridgehead atoms. The lowest BCUT2D eigenvalue weighted by Crippen LogP contribution is -2.27. The van der Waals surface area contributed by atoms with Gasteiger partial charge in [0.25, 0.3) is 0 Å². The number of rotatable bonds is 8. The molecule has 18 heavy (non-hydrogen) atoms. The molecule has 0 saturated heterocycles. The SMILES string of the molecule is CCCNC(CC)c1ccccc1N(CC)CC. The van der Waals surface area contributed by atoms with Gasteiger partial charge in [-0.15, -0.1) is 0 Å². The third-order valence-corrected chi connectivity index (χ3v) is 3.47. The molecule has 0 heterocycles. The van der Waals surface area contributed by atoms with Gasteiger partial charge in [0, 0.05) is 24.8 Å². The van der Waals surface area contributed by atoms with Crippen LogP contribution in [0.4, 0.5) is 5.69 Å². The Morgan fingerprint density at radius 3 is 2.28 bits per heavy atom. The third-order valence-electron chi connectivity index (χ3n) is 3.47. The van der Waals surface area contributed by atoms with Crippen LogP contribution in [0.25, 0.3) is 0 Å². The number of anilines is 1. The largest absolute Gasteiger partial charge is 0.372 e. The van der Waals surface area contributed by atoms with E-state index in [1.807, 2.05) is 0 Å². The minimum absolute atomic E-state index is 0.474. The average Bonchev–Trinajstić information content (AvgIpc) is 2.42. The smallest absolute Gasteiger partial charge is 0.0414 e. The van der Waals surface area contributed by atoms with Crippen LogP contribution in [0.3, 0.4) is 0 Å². The zero-order chi connectivity index (χ0) is 13.4. The molecule has 0 aromatic heterocycles. The zero-order valence-electron chi connectivity index (χ0n) is 12.4. The number of para-hydroxylation sites is 1. The molecule has 0 aliphatic rings. The summed E-state index contributed by atoms with van der Waals surface area (Å²) in [4.78, 5) is 2.44. The van der Waals surface area contributed by atoms with E-state index in [2.05, 4.69) is 62.2 Å². The number of nitrogens with one attached hydrogen (secondary N) is 1. The first-order chi connectivity index (χ1) is 8.78. The van der Waals surface area contributed by atoms with Crippen LogP contribution in [0.15, 0.2) is 24.3 Å². The summed E-state index contributed by atoms with van der Waals surface area (Å²) in [5, 5.41) is 3.65. The average molecular weight is 248 g/mol. The summed E-state index contributed by atoms with van der Waals surface area (Å²) < 4.78 is 0. The highest BCUT2D eigenvalue weighted by molar-refractivity contribution is 5.54. The molecule has 0 aliphatic heterocycles. The van der Waals surface area contributed by atoms with E-state index in [4.69, 9.17) is 0 Å². The molecule has 0 spiro atoms. The monoisotopic (exact) mass is 248 g/mol. The molecule has 1 N–H and O–H groups in total. The lowest BCUT2D eigenvalue weighted by Gasteiger charge is -2.28. The fraction of sp³-hybridized carbons (Fsp3) is 0.625. The van der Waals surface area contributed by atoms with Crippen molar-refractivity contribution >= 4 is 5.69 Å². The molecule has 1 atom stereocenters. The topological polar surface area (TPSA) is 15.3 Å². The van der Waals surface area contributed by atoms with Gasteiger partial charge < -0.3 is 10.2 Å². The zero-order valence-corrected chi connectivity index (χ0v) is 12.4. The highest BCUT2D eigenvalue weighted by Gasteiger charge is 2.15. The summed E-state index contributed by atoms with van der Waals surface area (Å²) in [7, 11) is 0. The van der Waals surface area contributed by atoms with Crippen LogP contribution in [0.5, 0.6) is 0 Å². The van der Waals surface area contributed by atoms with E-state index in [1.54, 1.807) is 0 Å². The van der Waals surface area contributed by atoms with Gasteiger partial charge in [0.05, 0.1) is 0 Å². The van der Waals surface area contributed by atoms with Gasteiger partial charge in [-0.2, -0.15) is 0 Å². The number of hydrogen-bond acceptors (Lipinski definition) is 2. The van der Waals surface area contributed by atoms with Crippen molar-refractivity contribution in [1.29, 1.82) is 0 Å². The molecule has 1 rings (SSSR count). The van der Waals surface area contributed by atoms with Crippen LogP contribution in [0, 0.1) is 0 Å².